The number of pyridine rings is 1. The number of carbonyl (C=O) groups excluding carboxylic acids is 1. The van der Waals surface area contributed by atoms with Crippen LogP contribution in [-0.4, -0.2) is 46.0 Å². The Morgan fingerprint density at radius 3 is 2.38 bits per heavy atom. The highest BCUT2D eigenvalue weighted by Crippen LogP contribution is 2.67. The van der Waals surface area contributed by atoms with E-state index in [-0.39, 0.29) is 29.6 Å². The van der Waals surface area contributed by atoms with Crippen molar-refractivity contribution >= 4 is 5.91 Å². The largest absolute Gasteiger partial charge is 0.573 e. The Bertz CT molecular complexity index is 1060. The summed E-state index contributed by atoms with van der Waals surface area (Å²) >= 11 is 0. The summed E-state index contributed by atoms with van der Waals surface area (Å²) < 4.78 is 86.4. The highest BCUT2D eigenvalue weighted by molar-refractivity contribution is 5.93. The van der Waals surface area contributed by atoms with Gasteiger partial charge in [-0.1, -0.05) is 0 Å². The Balaban J connectivity index is 1.10. The average Bonchev–Trinajstić information content (AvgIpc) is 3.09. The minimum atomic E-state index is -4.85. The molecule has 184 valence electrons. The quantitative estimate of drug-likeness (QED) is 0.584. The molecule has 0 unspecified atom stereocenters. The van der Waals surface area contributed by atoms with Crippen LogP contribution in [0.5, 0.6) is 5.75 Å². The molecule has 34 heavy (non-hydrogen) atoms. The molecule has 4 fully saturated rings. The fourth-order valence-corrected chi connectivity index (χ4v) is 5.06. The smallest absolute Gasteiger partial charge is 0.424 e. The minimum absolute atomic E-state index is 0.0394. The van der Waals surface area contributed by atoms with Gasteiger partial charge in [-0.3, -0.25) is 9.53 Å². The molecule has 0 aliphatic heterocycles. The number of amides is 1. The fraction of sp³-hybridized carbons (Fsp3) is 0.600. The number of alkyl halides is 6. The number of nitrogens with zero attached hydrogens (tertiary/aromatic N) is 3. The van der Waals surface area contributed by atoms with E-state index in [0.717, 1.165) is 18.3 Å². The van der Waals surface area contributed by atoms with E-state index in [1.807, 2.05) is 0 Å². The van der Waals surface area contributed by atoms with Gasteiger partial charge in [0.25, 0.3) is 5.91 Å². The fourth-order valence-electron chi connectivity index (χ4n) is 5.06. The van der Waals surface area contributed by atoms with E-state index in [1.54, 1.807) is 0 Å². The monoisotopic (exact) mass is 492 g/mol. The molecule has 14 heteroatoms. The average molecular weight is 492 g/mol. The van der Waals surface area contributed by atoms with Gasteiger partial charge < -0.3 is 14.5 Å². The number of ether oxygens (including phenoxy) is 2. The predicted molar refractivity (Wildman–Crippen MR) is 98.4 cm³/mol. The van der Waals surface area contributed by atoms with Crippen molar-refractivity contribution in [2.45, 2.75) is 61.7 Å². The second kappa shape index (κ2) is 7.55. The first-order chi connectivity index (χ1) is 15.8. The molecule has 8 nitrogen and oxygen atoms in total. The molecule has 4 saturated carbocycles. The van der Waals surface area contributed by atoms with Crippen LogP contribution in [0.2, 0.25) is 0 Å². The SMILES string of the molecule is O=C(NC12CC(c3nnc(C4CC(COC(F)(F)F)C4)o3)(C1)C2)c1ccc(OC(F)(F)F)cn1. The predicted octanol–water partition coefficient (Wildman–Crippen LogP) is 4.00. The second-order valence-corrected chi connectivity index (χ2v) is 9.21. The number of hydrogen-bond acceptors (Lipinski definition) is 7. The van der Waals surface area contributed by atoms with Crippen LogP contribution in [0.15, 0.2) is 22.7 Å². The summed E-state index contributed by atoms with van der Waals surface area (Å²) in [7, 11) is 0. The van der Waals surface area contributed by atoms with E-state index < -0.39 is 29.9 Å². The van der Waals surface area contributed by atoms with Crippen molar-refractivity contribution in [2.75, 3.05) is 6.61 Å². The zero-order chi connectivity index (χ0) is 24.4. The molecule has 2 heterocycles. The van der Waals surface area contributed by atoms with Crippen LogP contribution >= 0.6 is 0 Å². The number of aromatic nitrogens is 3. The third-order valence-corrected chi connectivity index (χ3v) is 6.57. The van der Waals surface area contributed by atoms with Crippen LogP contribution in [0.3, 0.4) is 0 Å². The maximum absolute atomic E-state index is 12.4. The highest BCUT2D eigenvalue weighted by Gasteiger charge is 2.72. The molecular weight excluding hydrogens is 474 g/mol. The number of halogens is 6. The third-order valence-electron chi connectivity index (χ3n) is 6.57. The van der Waals surface area contributed by atoms with Gasteiger partial charge in [0.15, 0.2) is 0 Å². The zero-order valence-electron chi connectivity index (χ0n) is 17.4. The summed E-state index contributed by atoms with van der Waals surface area (Å²) in [6.07, 6.45) is -6.01. The molecular formula is C20H18F6N4O4. The Labute approximate surface area is 188 Å². The van der Waals surface area contributed by atoms with E-state index >= 15 is 0 Å². The van der Waals surface area contributed by atoms with Gasteiger partial charge in [-0.05, 0) is 50.2 Å². The van der Waals surface area contributed by atoms with E-state index in [9.17, 15) is 31.1 Å². The summed E-state index contributed by atoms with van der Waals surface area (Å²) in [6.45, 7) is -0.389. The topological polar surface area (TPSA) is 99.4 Å². The van der Waals surface area contributed by atoms with Crippen LogP contribution in [-0.2, 0) is 10.2 Å². The lowest BCUT2D eigenvalue weighted by Gasteiger charge is -2.68. The Hall–Kier alpha value is -2.90. The van der Waals surface area contributed by atoms with Crippen molar-refractivity contribution in [1.29, 1.82) is 0 Å². The summed E-state index contributed by atoms with van der Waals surface area (Å²) in [4.78, 5) is 16.2. The van der Waals surface area contributed by atoms with Gasteiger partial charge >= 0.3 is 12.7 Å². The van der Waals surface area contributed by atoms with E-state index in [1.165, 1.54) is 0 Å². The van der Waals surface area contributed by atoms with Crippen LogP contribution in [0, 0.1) is 5.92 Å². The molecule has 4 aliphatic carbocycles. The Morgan fingerprint density at radius 2 is 1.79 bits per heavy atom. The van der Waals surface area contributed by atoms with Gasteiger partial charge in [-0.2, -0.15) is 0 Å². The maximum atomic E-state index is 12.4. The second-order valence-electron chi connectivity index (χ2n) is 9.21. The van der Waals surface area contributed by atoms with E-state index in [0.29, 0.717) is 43.9 Å². The Morgan fingerprint density at radius 1 is 1.09 bits per heavy atom. The summed E-state index contributed by atoms with van der Waals surface area (Å²) in [5, 5.41) is 11.0. The molecule has 1 amide bonds. The normalized spacial score (nSPS) is 30.1. The molecule has 4 aliphatic rings. The van der Waals surface area contributed by atoms with Gasteiger partial charge in [0.2, 0.25) is 11.8 Å². The van der Waals surface area contributed by atoms with Crippen molar-refractivity contribution in [1.82, 2.24) is 20.5 Å². The standard InChI is InChI=1S/C20H18F6N4O4/c21-19(22,23)32-6-10-3-11(4-10)15-29-30-16(33-15)17-7-18(8-17,9-17)28-14(31)13-2-1-12(5-27-13)34-20(24,25)26/h1-2,5,10-11H,3-4,6-9H2,(H,28,31). The van der Waals surface area contributed by atoms with Gasteiger partial charge in [0.05, 0.1) is 18.2 Å². The molecule has 0 atom stereocenters. The van der Waals surface area contributed by atoms with Crippen molar-refractivity contribution in [3.05, 3.63) is 35.8 Å². The summed E-state index contributed by atoms with van der Waals surface area (Å²) in [5.74, 6) is -0.504. The first-order valence-corrected chi connectivity index (χ1v) is 10.4. The first kappa shape index (κ1) is 22.9. The van der Waals surface area contributed by atoms with E-state index in [4.69, 9.17) is 4.42 Å². The molecule has 2 aromatic heterocycles. The van der Waals surface area contributed by atoms with Gasteiger partial charge in [0.1, 0.15) is 11.4 Å². The van der Waals surface area contributed by atoms with Crippen molar-refractivity contribution in [3.63, 3.8) is 0 Å². The number of rotatable bonds is 7. The molecule has 6 rings (SSSR count). The molecule has 2 aromatic rings. The molecule has 1 N–H and O–H groups in total. The Kier molecular flexibility index (Phi) is 5.08. The van der Waals surface area contributed by atoms with Gasteiger partial charge in [-0.15, -0.1) is 36.5 Å². The highest BCUT2D eigenvalue weighted by atomic mass is 19.4. The number of hydrogen-bond donors (Lipinski definition) is 1. The van der Waals surface area contributed by atoms with Crippen LogP contribution in [0.1, 0.15) is 60.3 Å². The molecule has 2 bridgehead atoms. The molecule has 0 aromatic carbocycles. The lowest BCUT2D eigenvalue weighted by molar-refractivity contribution is -0.330. The van der Waals surface area contributed by atoms with Gasteiger partial charge in [-0.25, -0.2) is 4.98 Å². The van der Waals surface area contributed by atoms with Crippen LogP contribution < -0.4 is 10.1 Å². The van der Waals surface area contributed by atoms with Crippen LogP contribution in [0.25, 0.3) is 0 Å². The van der Waals surface area contributed by atoms with Crippen LogP contribution in [0.4, 0.5) is 26.3 Å². The molecule has 0 spiro atoms. The number of carbonyl (C=O) groups is 1. The maximum Gasteiger partial charge on any atom is 0.573 e. The molecule has 0 radical (unpaired) electrons. The van der Waals surface area contributed by atoms with Gasteiger partial charge in [0, 0.05) is 11.5 Å². The van der Waals surface area contributed by atoms with Crippen molar-refractivity contribution in [2.24, 2.45) is 5.92 Å². The lowest BCUT2D eigenvalue weighted by Crippen LogP contribution is -2.76. The van der Waals surface area contributed by atoms with Crippen molar-refractivity contribution < 1.29 is 45.0 Å². The van der Waals surface area contributed by atoms with Crippen molar-refractivity contribution in [3.8, 4) is 5.75 Å². The lowest BCUT2D eigenvalue weighted by atomic mass is 9.39. The molecule has 0 saturated heterocycles. The zero-order valence-corrected chi connectivity index (χ0v) is 17.4. The minimum Gasteiger partial charge on any atom is -0.424 e. The van der Waals surface area contributed by atoms with E-state index in [2.05, 4.69) is 30.0 Å². The summed E-state index contributed by atoms with van der Waals surface area (Å²) in [5.41, 5.74) is -0.855. The third kappa shape index (κ3) is 4.42. The number of nitrogens with one attached hydrogen (secondary N) is 1. The summed E-state index contributed by atoms with van der Waals surface area (Å²) in [6, 6.07) is 2.16. The first-order valence-electron chi connectivity index (χ1n) is 10.4.